The van der Waals surface area contributed by atoms with Crippen LogP contribution in [0, 0.1) is 0 Å². The Bertz CT molecular complexity index is 423. The number of amides is 1. The average molecular weight is 278 g/mol. The molecule has 0 heterocycles. The number of carbonyl (C=O) groups excluding carboxylic acids is 1. The van der Waals surface area contributed by atoms with Gasteiger partial charge in [0.05, 0.1) is 11.7 Å². The van der Waals surface area contributed by atoms with Gasteiger partial charge in [-0.3, -0.25) is 4.79 Å². The number of nitrogens with two attached hydrogens (primary N) is 1. The Morgan fingerprint density at radius 1 is 1.44 bits per heavy atom. The van der Waals surface area contributed by atoms with Gasteiger partial charge in [-0.25, -0.2) is 0 Å². The van der Waals surface area contributed by atoms with Crippen molar-refractivity contribution in [2.75, 3.05) is 5.32 Å². The molecule has 0 radical (unpaired) electrons. The highest BCUT2D eigenvalue weighted by Crippen LogP contribution is 2.40. The van der Waals surface area contributed by atoms with E-state index in [1.165, 1.54) is 18.2 Å². The maximum atomic E-state index is 12.3. The molecule has 1 atom stereocenters. The lowest BCUT2D eigenvalue weighted by atomic mass is 10.2. The molecular weight excluding hydrogens is 265 g/mol. The van der Waals surface area contributed by atoms with Crippen molar-refractivity contribution in [2.45, 2.75) is 29.8 Å². The molecule has 1 aromatic carbocycles. The Labute approximate surface area is 107 Å². The van der Waals surface area contributed by atoms with Crippen molar-refractivity contribution in [1.29, 1.82) is 0 Å². The third-order valence-corrected chi connectivity index (χ3v) is 2.95. The quantitative estimate of drug-likeness (QED) is 0.832. The molecule has 0 aliphatic carbocycles. The minimum absolute atomic E-state index is 0.0540. The SMILES string of the molecule is CC[C@@H](N)C(=O)Nc1ccccc1SC(F)(F)F. The third-order valence-electron chi connectivity index (χ3n) is 2.15. The molecular formula is C11H13F3N2OS. The zero-order chi connectivity index (χ0) is 13.8. The number of rotatable bonds is 4. The first-order valence-corrected chi connectivity index (χ1v) is 6.06. The monoisotopic (exact) mass is 278 g/mol. The van der Waals surface area contributed by atoms with Gasteiger partial charge in [0.25, 0.3) is 0 Å². The number of thioether (sulfide) groups is 1. The first kappa shape index (κ1) is 14.8. The number of para-hydroxylation sites is 1. The van der Waals surface area contributed by atoms with Crippen molar-refractivity contribution in [2.24, 2.45) is 5.73 Å². The summed E-state index contributed by atoms with van der Waals surface area (Å²) in [6.07, 6.45) is 0.417. The van der Waals surface area contributed by atoms with Gasteiger partial charge < -0.3 is 11.1 Å². The smallest absolute Gasteiger partial charge is 0.324 e. The van der Waals surface area contributed by atoms with Gasteiger partial charge in [0, 0.05) is 4.90 Å². The summed E-state index contributed by atoms with van der Waals surface area (Å²) in [4.78, 5) is 11.5. The molecule has 7 heteroatoms. The van der Waals surface area contributed by atoms with Crippen LogP contribution in [0.3, 0.4) is 0 Å². The van der Waals surface area contributed by atoms with Crippen LogP contribution in [0.2, 0.25) is 0 Å². The molecule has 0 fully saturated rings. The molecule has 0 saturated heterocycles. The fourth-order valence-corrected chi connectivity index (χ4v) is 1.82. The fraction of sp³-hybridized carbons (Fsp3) is 0.364. The van der Waals surface area contributed by atoms with E-state index in [-0.39, 0.29) is 22.3 Å². The van der Waals surface area contributed by atoms with E-state index in [4.69, 9.17) is 5.73 Å². The van der Waals surface area contributed by atoms with E-state index >= 15 is 0 Å². The first-order chi connectivity index (χ1) is 8.33. The lowest BCUT2D eigenvalue weighted by Gasteiger charge is -2.14. The molecule has 3 nitrogen and oxygen atoms in total. The molecule has 0 bridgehead atoms. The molecule has 0 aromatic heterocycles. The largest absolute Gasteiger partial charge is 0.446 e. The molecule has 3 N–H and O–H groups in total. The van der Waals surface area contributed by atoms with Crippen molar-refractivity contribution in [3.8, 4) is 0 Å². The van der Waals surface area contributed by atoms with E-state index in [2.05, 4.69) is 5.32 Å². The highest BCUT2D eigenvalue weighted by atomic mass is 32.2. The number of hydrogen-bond acceptors (Lipinski definition) is 3. The van der Waals surface area contributed by atoms with Crippen molar-refractivity contribution in [3.05, 3.63) is 24.3 Å². The second-order valence-electron chi connectivity index (χ2n) is 3.55. The lowest BCUT2D eigenvalue weighted by Crippen LogP contribution is -2.34. The van der Waals surface area contributed by atoms with Crippen LogP contribution < -0.4 is 11.1 Å². The van der Waals surface area contributed by atoms with Gasteiger partial charge >= 0.3 is 5.51 Å². The first-order valence-electron chi connectivity index (χ1n) is 5.24. The fourth-order valence-electron chi connectivity index (χ4n) is 1.19. The minimum atomic E-state index is -4.40. The number of halogens is 3. The summed E-state index contributed by atoms with van der Waals surface area (Å²) < 4.78 is 36.9. The van der Waals surface area contributed by atoms with E-state index in [0.717, 1.165) is 0 Å². The molecule has 100 valence electrons. The summed E-state index contributed by atoms with van der Waals surface area (Å²) in [5, 5.41) is 2.40. The molecule has 1 aromatic rings. The summed E-state index contributed by atoms with van der Waals surface area (Å²) in [5.74, 6) is -0.493. The molecule has 0 aliphatic heterocycles. The van der Waals surface area contributed by atoms with Gasteiger partial charge in [-0.1, -0.05) is 19.1 Å². The van der Waals surface area contributed by atoms with Crippen LogP contribution in [-0.4, -0.2) is 17.5 Å². The highest BCUT2D eigenvalue weighted by Gasteiger charge is 2.30. The van der Waals surface area contributed by atoms with Gasteiger partial charge in [-0.05, 0) is 30.3 Å². The second kappa shape index (κ2) is 6.10. The standard InChI is InChI=1S/C11H13F3N2OS/c1-2-7(15)10(17)16-8-5-3-4-6-9(8)18-11(12,13)14/h3-7H,2,15H2,1H3,(H,16,17)/t7-/m1/s1. The highest BCUT2D eigenvalue weighted by molar-refractivity contribution is 8.00. The zero-order valence-corrected chi connectivity index (χ0v) is 10.4. The Hall–Kier alpha value is -1.21. The van der Waals surface area contributed by atoms with Gasteiger partial charge in [0.1, 0.15) is 0 Å². The molecule has 1 amide bonds. The van der Waals surface area contributed by atoms with Crippen LogP contribution in [0.1, 0.15) is 13.3 Å². The summed E-state index contributed by atoms with van der Waals surface area (Å²) in [7, 11) is 0. The molecule has 0 saturated carbocycles. The van der Waals surface area contributed by atoms with Gasteiger partial charge in [0.15, 0.2) is 0 Å². The zero-order valence-electron chi connectivity index (χ0n) is 9.62. The lowest BCUT2D eigenvalue weighted by molar-refractivity contribution is -0.117. The van der Waals surface area contributed by atoms with E-state index < -0.39 is 17.5 Å². The number of anilines is 1. The van der Waals surface area contributed by atoms with Crippen molar-refractivity contribution in [3.63, 3.8) is 0 Å². The normalized spacial score (nSPS) is 13.2. The molecule has 18 heavy (non-hydrogen) atoms. The maximum absolute atomic E-state index is 12.3. The summed E-state index contributed by atoms with van der Waals surface area (Å²) in [5.41, 5.74) is 1.22. The summed E-state index contributed by atoms with van der Waals surface area (Å²) in [6.45, 7) is 1.72. The van der Waals surface area contributed by atoms with E-state index in [0.29, 0.717) is 6.42 Å². The number of alkyl halides is 3. The average Bonchev–Trinajstić information content (AvgIpc) is 2.28. The molecule has 0 aliphatic rings. The molecule has 1 rings (SSSR count). The number of hydrogen-bond donors (Lipinski definition) is 2. The molecule has 0 spiro atoms. The number of nitrogens with one attached hydrogen (secondary N) is 1. The van der Waals surface area contributed by atoms with Gasteiger partial charge in [-0.15, -0.1) is 0 Å². The number of benzene rings is 1. The van der Waals surface area contributed by atoms with Crippen LogP contribution in [-0.2, 0) is 4.79 Å². The second-order valence-corrected chi connectivity index (χ2v) is 4.65. The summed E-state index contributed by atoms with van der Waals surface area (Å²) >= 11 is -0.267. The van der Waals surface area contributed by atoms with E-state index in [1.54, 1.807) is 13.0 Å². The van der Waals surface area contributed by atoms with Crippen LogP contribution in [0.15, 0.2) is 29.2 Å². The summed E-state index contributed by atoms with van der Waals surface area (Å²) in [6, 6.07) is 5.00. The third kappa shape index (κ3) is 4.58. The van der Waals surface area contributed by atoms with Crippen molar-refractivity contribution >= 4 is 23.4 Å². The predicted octanol–water partition coefficient (Wildman–Crippen LogP) is 2.97. The van der Waals surface area contributed by atoms with Crippen LogP contribution in [0.5, 0.6) is 0 Å². The van der Waals surface area contributed by atoms with Crippen LogP contribution >= 0.6 is 11.8 Å². The van der Waals surface area contributed by atoms with E-state index in [9.17, 15) is 18.0 Å². The van der Waals surface area contributed by atoms with Crippen molar-refractivity contribution < 1.29 is 18.0 Å². The topological polar surface area (TPSA) is 55.1 Å². The minimum Gasteiger partial charge on any atom is -0.324 e. The molecule has 0 unspecified atom stereocenters. The Kier molecular flexibility index (Phi) is 5.03. The van der Waals surface area contributed by atoms with Gasteiger partial charge in [0.2, 0.25) is 5.91 Å². The van der Waals surface area contributed by atoms with Crippen LogP contribution in [0.25, 0.3) is 0 Å². The predicted molar refractivity (Wildman–Crippen MR) is 65.3 cm³/mol. The Morgan fingerprint density at radius 3 is 2.61 bits per heavy atom. The maximum Gasteiger partial charge on any atom is 0.446 e. The Balaban J connectivity index is 2.86. The van der Waals surface area contributed by atoms with E-state index in [1.807, 2.05) is 0 Å². The van der Waals surface area contributed by atoms with Crippen LogP contribution in [0.4, 0.5) is 18.9 Å². The van der Waals surface area contributed by atoms with Crippen molar-refractivity contribution in [1.82, 2.24) is 0 Å². The van der Waals surface area contributed by atoms with Gasteiger partial charge in [-0.2, -0.15) is 13.2 Å². The Morgan fingerprint density at radius 2 is 2.06 bits per heavy atom. The number of carbonyl (C=O) groups is 1.